The van der Waals surface area contributed by atoms with Crippen molar-refractivity contribution >= 4 is 43.9 Å². The van der Waals surface area contributed by atoms with Crippen LogP contribution in [0.2, 0.25) is 0 Å². The quantitative estimate of drug-likeness (QED) is 0.429. The van der Waals surface area contributed by atoms with Gasteiger partial charge in [0, 0.05) is 0 Å². The molecule has 0 atom stereocenters. The zero-order valence-corrected chi connectivity index (χ0v) is 8.28. The predicted molar refractivity (Wildman–Crippen MR) is 11.1 cm³/mol. The third-order valence-electron chi connectivity index (χ3n) is 0. The van der Waals surface area contributed by atoms with E-state index in [-0.39, 0.29) is 79.5 Å². The second-order valence-corrected chi connectivity index (χ2v) is 0.250. The summed E-state index contributed by atoms with van der Waals surface area (Å²) in [4.78, 5) is 8.33. The van der Waals surface area contributed by atoms with Crippen LogP contribution < -0.4 is 10.2 Å². The molecule has 0 N–H and O–H groups in total. The average Bonchev–Trinajstić information content (AvgIpc) is 0.811. The van der Waals surface area contributed by atoms with E-state index in [1.165, 1.54) is 0 Å². The first-order valence-electron chi connectivity index (χ1n) is 0.612. The smallest absolute Gasteiger partial charge is 0.652 e. The Morgan fingerprint density at radius 2 is 1.33 bits per heavy atom. The molecule has 0 amide bonds. The normalized spacial score (nSPS) is 4.00. The van der Waals surface area contributed by atoms with E-state index in [9.17, 15) is 0 Å². The predicted octanol–water partition coefficient (Wildman–Crippen LogP) is -2.83. The first kappa shape index (κ1) is 15.7. The molecule has 0 fully saturated rings. The summed E-state index contributed by atoms with van der Waals surface area (Å²) >= 11 is 0. The largest absolute Gasteiger partial charge is 3.00 e. The minimum Gasteiger partial charge on any atom is -0.652 e. The molecule has 0 bridgehead atoms. The van der Waals surface area contributed by atoms with Crippen LogP contribution in [0.4, 0.5) is 4.79 Å². The summed E-state index contributed by atoms with van der Waals surface area (Å²) in [5, 5.41) is 16.7. The number of carbonyl (C=O) groups excluding carboxylic acids is 1. The molecule has 0 aliphatic rings. The van der Waals surface area contributed by atoms with E-state index >= 15 is 0 Å². The Hall–Kier alpha value is 1.91. The molecule has 1 radical (unpaired) electrons. The van der Waals surface area contributed by atoms with Crippen molar-refractivity contribution in [1.82, 2.24) is 0 Å². The SMILES string of the molecule is O=C([O-])[O-].[Ca+2].[Ce+3]. The monoisotopic (exact) mass is 240 g/mol. The third kappa shape index (κ3) is 39.1. The van der Waals surface area contributed by atoms with Crippen molar-refractivity contribution in [2.24, 2.45) is 0 Å². The van der Waals surface area contributed by atoms with Gasteiger partial charge in [0.2, 0.25) is 0 Å². The van der Waals surface area contributed by atoms with Gasteiger partial charge in [0.1, 0.15) is 0 Å². The number of hydrogen-bond acceptors (Lipinski definition) is 3. The van der Waals surface area contributed by atoms with Gasteiger partial charge in [-0.15, -0.1) is 0 Å². The first-order valence-corrected chi connectivity index (χ1v) is 0.612. The van der Waals surface area contributed by atoms with Crippen molar-refractivity contribution in [2.75, 3.05) is 0 Å². The fourth-order valence-corrected chi connectivity index (χ4v) is 0. The fraction of sp³-hybridized carbons (Fsp3) is 0. The minimum atomic E-state index is -2.33. The molecule has 6 heavy (non-hydrogen) atoms. The van der Waals surface area contributed by atoms with E-state index in [1.54, 1.807) is 0 Å². The van der Waals surface area contributed by atoms with Gasteiger partial charge < -0.3 is 15.0 Å². The van der Waals surface area contributed by atoms with Crippen molar-refractivity contribution in [1.29, 1.82) is 0 Å². The maximum Gasteiger partial charge on any atom is 3.00 e. The molecule has 0 aromatic carbocycles. The van der Waals surface area contributed by atoms with Crippen LogP contribution in [0.3, 0.4) is 0 Å². The number of carbonyl (C=O) groups is 1. The molecule has 0 saturated heterocycles. The van der Waals surface area contributed by atoms with Gasteiger partial charge >= 0.3 is 79.5 Å². The summed E-state index contributed by atoms with van der Waals surface area (Å²) in [6.07, 6.45) is -2.33. The van der Waals surface area contributed by atoms with Crippen LogP contribution in [-0.4, -0.2) is 43.9 Å². The van der Waals surface area contributed by atoms with Crippen molar-refractivity contribution in [3.8, 4) is 0 Å². The van der Waals surface area contributed by atoms with Gasteiger partial charge in [-0.25, -0.2) is 0 Å². The molecule has 0 unspecified atom stereocenters. The molecule has 5 heteroatoms. The van der Waals surface area contributed by atoms with E-state index in [4.69, 9.17) is 15.0 Å². The molecule has 0 aromatic heterocycles. The van der Waals surface area contributed by atoms with Crippen LogP contribution in [0.25, 0.3) is 0 Å². The van der Waals surface area contributed by atoms with E-state index in [0.717, 1.165) is 0 Å². The summed E-state index contributed by atoms with van der Waals surface area (Å²) in [5.41, 5.74) is 0. The maximum atomic E-state index is 8.33. The summed E-state index contributed by atoms with van der Waals surface area (Å²) in [7, 11) is 0. The van der Waals surface area contributed by atoms with Crippen molar-refractivity contribution in [2.45, 2.75) is 0 Å². The van der Waals surface area contributed by atoms with Gasteiger partial charge in [0.15, 0.2) is 0 Å². The van der Waals surface area contributed by atoms with E-state index < -0.39 is 6.16 Å². The summed E-state index contributed by atoms with van der Waals surface area (Å²) in [6.45, 7) is 0. The Morgan fingerprint density at radius 3 is 1.33 bits per heavy atom. The zero-order valence-electron chi connectivity index (χ0n) is 2.93. The molecule has 0 heterocycles. The molecule has 0 aromatic rings. The Labute approximate surface area is 98.5 Å². The van der Waals surface area contributed by atoms with Gasteiger partial charge in [-0.3, -0.25) is 0 Å². The minimum absolute atomic E-state index is 0. The molecule has 25 valence electrons. The van der Waals surface area contributed by atoms with E-state index in [1.807, 2.05) is 0 Å². The number of carboxylic acid groups (broad SMARTS) is 2. The zero-order chi connectivity index (χ0) is 3.58. The third-order valence-corrected chi connectivity index (χ3v) is 0. The molecule has 0 aliphatic carbocycles. The summed E-state index contributed by atoms with van der Waals surface area (Å²) in [5.74, 6) is 0. The average molecular weight is 240 g/mol. The Balaban J connectivity index is -0.0000000450. The Kier molecular flexibility index (Phi) is 26.1. The molecular weight excluding hydrogens is 240 g/mol. The van der Waals surface area contributed by atoms with E-state index in [0.29, 0.717) is 0 Å². The van der Waals surface area contributed by atoms with Crippen LogP contribution in [-0.2, 0) is 0 Å². The van der Waals surface area contributed by atoms with Gasteiger partial charge in [-0.2, -0.15) is 0 Å². The molecule has 0 spiro atoms. The molecule has 0 rings (SSSR count). The number of rotatable bonds is 0. The molecular formula is CCaCeO3+3. The van der Waals surface area contributed by atoms with Crippen LogP contribution in [0.1, 0.15) is 0 Å². The second-order valence-electron chi connectivity index (χ2n) is 0.250. The van der Waals surface area contributed by atoms with Gasteiger partial charge in [-0.1, -0.05) is 0 Å². The topological polar surface area (TPSA) is 63.2 Å². The van der Waals surface area contributed by atoms with Gasteiger partial charge in [-0.05, 0) is 6.16 Å². The van der Waals surface area contributed by atoms with Crippen molar-refractivity contribution in [3.63, 3.8) is 0 Å². The molecule has 0 aliphatic heterocycles. The molecule has 0 saturated carbocycles. The van der Waals surface area contributed by atoms with Gasteiger partial charge in [0.05, 0.1) is 0 Å². The second kappa shape index (κ2) is 10.0. The fourth-order valence-electron chi connectivity index (χ4n) is 0. The number of hydrogen-bond donors (Lipinski definition) is 0. The first-order chi connectivity index (χ1) is 1.73. The standard InChI is InChI=1S/CH2O3.Ca.Ce/c2-1(3)4;;/h(H2,2,3,4);;/q;+2;+3/p-2. The summed E-state index contributed by atoms with van der Waals surface area (Å²) < 4.78 is 0. The maximum absolute atomic E-state index is 8.33. The Bertz CT molecular complexity index is 33.8. The van der Waals surface area contributed by atoms with Crippen LogP contribution in [0.15, 0.2) is 0 Å². The summed E-state index contributed by atoms with van der Waals surface area (Å²) in [6, 6.07) is 0. The van der Waals surface area contributed by atoms with Crippen molar-refractivity contribution in [3.05, 3.63) is 0 Å². The van der Waals surface area contributed by atoms with Crippen molar-refractivity contribution < 1.29 is 56.8 Å². The van der Waals surface area contributed by atoms with Crippen LogP contribution >= 0.6 is 0 Å². The van der Waals surface area contributed by atoms with Crippen LogP contribution in [0, 0.1) is 41.7 Å². The van der Waals surface area contributed by atoms with Gasteiger partial charge in [0.25, 0.3) is 0 Å². The molecule has 3 nitrogen and oxygen atoms in total. The Morgan fingerprint density at radius 1 is 1.33 bits per heavy atom. The van der Waals surface area contributed by atoms with Crippen LogP contribution in [0.5, 0.6) is 0 Å². The van der Waals surface area contributed by atoms with E-state index in [2.05, 4.69) is 0 Å².